The van der Waals surface area contributed by atoms with Crippen LogP contribution in [0.3, 0.4) is 0 Å². The molecule has 0 aliphatic heterocycles. The molecule has 102 valence electrons. The van der Waals surface area contributed by atoms with Crippen molar-refractivity contribution in [2.24, 2.45) is 0 Å². The van der Waals surface area contributed by atoms with Crippen LogP contribution in [0.4, 0.5) is 5.13 Å². The topological polar surface area (TPSA) is 42.0 Å². The van der Waals surface area contributed by atoms with E-state index in [9.17, 15) is 4.79 Å². The molecule has 0 spiro atoms. The number of fused-ring (bicyclic) bond motifs is 1. The minimum atomic E-state index is -0.120. The number of anilines is 1. The van der Waals surface area contributed by atoms with Crippen LogP contribution in [0, 0.1) is 0 Å². The lowest BCUT2D eigenvalue weighted by molar-refractivity contribution is 0.103. The van der Waals surface area contributed by atoms with Gasteiger partial charge in [-0.05, 0) is 46.5 Å². The number of thiazole rings is 1. The van der Waals surface area contributed by atoms with Crippen LogP contribution in [0.15, 0.2) is 39.0 Å². The summed E-state index contributed by atoms with van der Waals surface area (Å²) in [4.78, 5) is 18.4. The van der Waals surface area contributed by atoms with Gasteiger partial charge in [0.2, 0.25) is 0 Å². The first-order valence-electron chi connectivity index (χ1n) is 5.67. The van der Waals surface area contributed by atoms with E-state index >= 15 is 0 Å². The molecule has 3 aromatic rings. The quantitative estimate of drug-likeness (QED) is 0.639. The van der Waals surface area contributed by atoms with Crippen LogP contribution in [-0.2, 0) is 0 Å². The molecule has 7 heteroatoms. The lowest BCUT2D eigenvalue weighted by Crippen LogP contribution is -2.09. The maximum atomic E-state index is 12.1. The summed E-state index contributed by atoms with van der Waals surface area (Å²) in [6, 6.07) is 9.72. The highest BCUT2D eigenvalue weighted by Crippen LogP contribution is 2.32. The Labute approximate surface area is 136 Å². The fourth-order valence-electron chi connectivity index (χ4n) is 1.74. The van der Waals surface area contributed by atoms with Gasteiger partial charge in [0.15, 0.2) is 5.13 Å². The van der Waals surface area contributed by atoms with Crippen LogP contribution in [-0.4, -0.2) is 17.1 Å². The van der Waals surface area contributed by atoms with Crippen LogP contribution in [0.2, 0.25) is 0 Å². The van der Waals surface area contributed by atoms with Crippen molar-refractivity contribution < 1.29 is 4.79 Å². The molecule has 3 rings (SSSR count). The molecule has 0 aliphatic carbocycles. The van der Waals surface area contributed by atoms with Crippen LogP contribution < -0.4 is 5.32 Å². The van der Waals surface area contributed by atoms with Crippen LogP contribution in [0.1, 0.15) is 9.67 Å². The van der Waals surface area contributed by atoms with Crippen molar-refractivity contribution >= 4 is 71.6 Å². The number of para-hydroxylation sites is 1. The first-order valence-corrected chi connectivity index (χ1v) is 9.32. The van der Waals surface area contributed by atoms with Gasteiger partial charge in [-0.25, -0.2) is 4.98 Å². The van der Waals surface area contributed by atoms with E-state index in [0.717, 1.165) is 18.9 Å². The summed E-state index contributed by atoms with van der Waals surface area (Å²) in [5, 5.41) is 3.50. The van der Waals surface area contributed by atoms with E-state index in [-0.39, 0.29) is 5.91 Å². The van der Waals surface area contributed by atoms with E-state index in [1.54, 1.807) is 17.8 Å². The number of thioether (sulfide) groups is 1. The van der Waals surface area contributed by atoms with E-state index < -0.39 is 0 Å². The number of thiophene rings is 1. The SMILES string of the molecule is CSc1cccc2sc(NC(=O)c3ccc(Br)s3)nc12. The summed E-state index contributed by atoms with van der Waals surface area (Å²) >= 11 is 7.91. The molecule has 20 heavy (non-hydrogen) atoms. The second-order valence-electron chi connectivity index (χ2n) is 3.88. The molecule has 0 saturated heterocycles. The third-order valence-corrected chi connectivity index (χ3v) is 5.95. The molecule has 1 N–H and O–H groups in total. The van der Waals surface area contributed by atoms with E-state index in [0.29, 0.717) is 10.0 Å². The lowest BCUT2D eigenvalue weighted by Gasteiger charge is -1.97. The summed E-state index contributed by atoms with van der Waals surface area (Å²) in [6.07, 6.45) is 2.02. The first kappa shape index (κ1) is 14.1. The summed E-state index contributed by atoms with van der Waals surface area (Å²) in [5.74, 6) is -0.120. The number of rotatable bonds is 3. The first-order chi connectivity index (χ1) is 9.67. The van der Waals surface area contributed by atoms with Gasteiger partial charge in [-0.3, -0.25) is 10.1 Å². The molecule has 3 nitrogen and oxygen atoms in total. The van der Waals surface area contributed by atoms with Crippen molar-refractivity contribution in [2.75, 3.05) is 11.6 Å². The third kappa shape index (κ3) is 2.76. The second kappa shape index (κ2) is 5.85. The molecule has 1 amide bonds. The summed E-state index contributed by atoms with van der Waals surface area (Å²) < 4.78 is 2.02. The van der Waals surface area contributed by atoms with Crippen molar-refractivity contribution in [3.63, 3.8) is 0 Å². The number of nitrogens with one attached hydrogen (secondary N) is 1. The van der Waals surface area contributed by atoms with Crippen LogP contribution >= 0.6 is 50.4 Å². The Hall–Kier alpha value is -0.890. The monoisotopic (exact) mass is 384 g/mol. The Bertz CT molecular complexity index is 781. The molecule has 0 atom stereocenters. The highest BCUT2D eigenvalue weighted by Gasteiger charge is 2.13. The predicted molar refractivity (Wildman–Crippen MR) is 91.4 cm³/mol. The zero-order valence-electron chi connectivity index (χ0n) is 10.3. The molecule has 1 aromatic carbocycles. The average Bonchev–Trinajstić information content (AvgIpc) is 3.03. The van der Waals surface area contributed by atoms with E-state index in [1.165, 1.54) is 22.7 Å². The van der Waals surface area contributed by atoms with Gasteiger partial charge in [0.1, 0.15) is 0 Å². The van der Waals surface area contributed by atoms with Gasteiger partial charge >= 0.3 is 0 Å². The van der Waals surface area contributed by atoms with Gasteiger partial charge in [-0.15, -0.1) is 23.1 Å². The molecule has 0 fully saturated rings. The predicted octanol–water partition coefficient (Wildman–Crippen LogP) is 5.09. The molecular formula is C13H9BrN2OS3. The van der Waals surface area contributed by atoms with Gasteiger partial charge < -0.3 is 0 Å². The third-order valence-electron chi connectivity index (χ3n) is 2.62. The lowest BCUT2D eigenvalue weighted by atomic mass is 10.3. The number of halogens is 1. The fourth-order valence-corrected chi connectivity index (χ4v) is 4.53. The van der Waals surface area contributed by atoms with Crippen LogP contribution in [0.25, 0.3) is 10.2 Å². The van der Waals surface area contributed by atoms with Gasteiger partial charge in [0.25, 0.3) is 5.91 Å². The summed E-state index contributed by atoms with van der Waals surface area (Å²) in [7, 11) is 0. The number of nitrogens with zero attached hydrogens (tertiary/aromatic N) is 1. The zero-order chi connectivity index (χ0) is 14.1. The van der Waals surface area contributed by atoms with E-state index in [4.69, 9.17) is 0 Å². The standard InChI is InChI=1S/C13H9BrN2OS3/c1-18-7-3-2-4-8-11(7)15-13(20-8)16-12(17)9-5-6-10(14)19-9/h2-6H,1H3,(H,15,16,17). The molecule has 0 radical (unpaired) electrons. The minimum Gasteiger partial charge on any atom is -0.297 e. The van der Waals surface area contributed by atoms with Gasteiger partial charge in [-0.2, -0.15) is 0 Å². The number of aromatic nitrogens is 1. The number of hydrogen-bond donors (Lipinski definition) is 1. The van der Waals surface area contributed by atoms with Crippen molar-refractivity contribution in [3.05, 3.63) is 39.0 Å². The Morgan fingerprint density at radius 3 is 2.85 bits per heavy atom. The van der Waals surface area contributed by atoms with E-state index in [2.05, 4.69) is 26.2 Å². The van der Waals surface area contributed by atoms with Gasteiger partial charge in [-0.1, -0.05) is 17.4 Å². The fraction of sp³-hybridized carbons (Fsp3) is 0.0769. The maximum absolute atomic E-state index is 12.1. The Balaban J connectivity index is 1.89. The largest absolute Gasteiger partial charge is 0.297 e. The summed E-state index contributed by atoms with van der Waals surface area (Å²) in [6.45, 7) is 0. The van der Waals surface area contributed by atoms with Crippen molar-refractivity contribution in [3.8, 4) is 0 Å². The number of carbonyl (C=O) groups is 1. The maximum Gasteiger partial charge on any atom is 0.267 e. The Morgan fingerprint density at radius 1 is 1.30 bits per heavy atom. The van der Waals surface area contributed by atoms with Gasteiger partial charge in [0.05, 0.1) is 18.9 Å². The Kier molecular flexibility index (Phi) is 4.11. The second-order valence-corrected chi connectivity index (χ2v) is 8.23. The highest BCUT2D eigenvalue weighted by atomic mass is 79.9. The van der Waals surface area contributed by atoms with E-state index in [1.807, 2.05) is 30.5 Å². The number of hydrogen-bond acceptors (Lipinski definition) is 5. The number of benzene rings is 1. The number of carbonyl (C=O) groups excluding carboxylic acids is 1. The molecule has 0 saturated carbocycles. The minimum absolute atomic E-state index is 0.120. The smallest absolute Gasteiger partial charge is 0.267 e. The molecule has 2 aromatic heterocycles. The zero-order valence-corrected chi connectivity index (χ0v) is 14.4. The highest BCUT2D eigenvalue weighted by molar-refractivity contribution is 9.11. The average molecular weight is 385 g/mol. The molecule has 0 bridgehead atoms. The number of amides is 1. The molecule has 0 unspecified atom stereocenters. The molecular weight excluding hydrogens is 376 g/mol. The van der Waals surface area contributed by atoms with Crippen molar-refractivity contribution in [2.45, 2.75) is 4.90 Å². The van der Waals surface area contributed by atoms with Crippen molar-refractivity contribution in [1.82, 2.24) is 4.98 Å². The summed E-state index contributed by atoms with van der Waals surface area (Å²) in [5.41, 5.74) is 0.952. The normalized spacial score (nSPS) is 10.9. The molecule has 0 aliphatic rings. The van der Waals surface area contributed by atoms with Gasteiger partial charge in [0, 0.05) is 4.90 Å². The van der Waals surface area contributed by atoms with Crippen LogP contribution in [0.5, 0.6) is 0 Å². The van der Waals surface area contributed by atoms with Crippen molar-refractivity contribution in [1.29, 1.82) is 0 Å². The molecule has 2 heterocycles. The Morgan fingerprint density at radius 2 is 2.15 bits per heavy atom.